The average Bonchev–Trinajstić information content (AvgIpc) is 2.61. The Morgan fingerprint density at radius 2 is 2.17 bits per heavy atom. The van der Waals surface area contributed by atoms with Crippen molar-refractivity contribution in [3.05, 3.63) is 11.8 Å². The van der Waals surface area contributed by atoms with Crippen molar-refractivity contribution in [3.8, 4) is 0 Å². The first kappa shape index (κ1) is 13.0. The number of hydrogen-bond donors (Lipinski definition) is 1. The third-order valence-electron chi connectivity index (χ3n) is 2.76. The average molecular weight is 253 g/mol. The van der Waals surface area contributed by atoms with Crippen LogP contribution in [0.2, 0.25) is 0 Å². The van der Waals surface area contributed by atoms with Gasteiger partial charge in [0.15, 0.2) is 5.82 Å². The summed E-state index contributed by atoms with van der Waals surface area (Å²) >= 11 is 0. The van der Waals surface area contributed by atoms with Gasteiger partial charge in [0, 0.05) is 19.2 Å². The highest BCUT2D eigenvalue weighted by Gasteiger charge is 2.23. The summed E-state index contributed by atoms with van der Waals surface area (Å²) in [5, 5.41) is 6.44. The molecule has 6 nitrogen and oxygen atoms in total. The molecule has 1 saturated heterocycles. The summed E-state index contributed by atoms with van der Waals surface area (Å²) in [5.41, 5.74) is 0. The lowest BCUT2D eigenvalue weighted by atomic mass is 10.2. The number of ether oxygens (including phenoxy) is 1. The minimum Gasteiger partial charge on any atom is -0.373 e. The van der Waals surface area contributed by atoms with E-state index in [4.69, 9.17) is 9.26 Å². The van der Waals surface area contributed by atoms with Gasteiger partial charge < -0.3 is 14.6 Å². The highest BCUT2D eigenvalue weighted by molar-refractivity contribution is 5.91. The standard InChI is InChI=1S/C12H19N3O3/c1-8-4-11(14-18-8)13-12(16)7-15-5-9(2)17-10(3)6-15/h4,9-10H,5-7H2,1-3H3,(H,13,14,16)/t9-,10-/m1/s1. The van der Waals surface area contributed by atoms with Gasteiger partial charge in [0.05, 0.1) is 18.8 Å². The number of anilines is 1. The number of carbonyl (C=O) groups excluding carboxylic acids is 1. The van der Waals surface area contributed by atoms with Gasteiger partial charge in [-0.2, -0.15) is 0 Å². The Hall–Kier alpha value is -1.40. The molecule has 100 valence electrons. The van der Waals surface area contributed by atoms with Crippen LogP contribution in [-0.4, -0.2) is 47.8 Å². The third kappa shape index (κ3) is 3.54. The molecule has 6 heteroatoms. The number of nitrogens with one attached hydrogen (secondary N) is 1. The van der Waals surface area contributed by atoms with Gasteiger partial charge in [-0.05, 0) is 20.8 Å². The van der Waals surface area contributed by atoms with Crippen molar-refractivity contribution in [1.82, 2.24) is 10.1 Å². The van der Waals surface area contributed by atoms with Crippen LogP contribution in [0.5, 0.6) is 0 Å². The van der Waals surface area contributed by atoms with Crippen molar-refractivity contribution in [2.45, 2.75) is 33.0 Å². The van der Waals surface area contributed by atoms with Crippen LogP contribution in [0.4, 0.5) is 5.82 Å². The van der Waals surface area contributed by atoms with E-state index >= 15 is 0 Å². The summed E-state index contributed by atoms with van der Waals surface area (Å²) in [6.07, 6.45) is 0.326. The van der Waals surface area contributed by atoms with Gasteiger partial charge in [0.25, 0.3) is 0 Å². The van der Waals surface area contributed by atoms with Crippen LogP contribution in [-0.2, 0) is 9.53 Å². The molecule has 2 rings (SSSR count). The van der Waals surface area contributed by atoms with Crippen LogP contribution < -0.4 is 5.32 Å². The van der Waals surface area contributed by atoms with Gasteiger partial charge in [0.2, 0.25) is 5.91 Å². The van der Waals surface area contributed by atoms with Crippen molar-refractivity contribution in [2.75, 3.05) is 25.0 Å². The SMILES string of the molecule is Cc1cc(NC(=O)CN2C[C@@H](C)O[C@H](C)C2)no1. The van der Waals surface area contributed by atoms with E-state index in [1.807, 2.05) is 13.8 Å². The van der Waals surface area contributed by atoms with Gasteiger partial charge in [-0.3, -0.25) is 9.69 Å². The van der Waals surface area contributed by atoms with E-state index in [2.05, 4.69) is 15.4 Å². The van der Waals surface area contributed by atoms with E-state index in [1.165, 1.54) is 0 Å². The second-order valence-corrected chi connectivity index (χ2v) is 4.82. The largest absolute Gasteiger partial charge is 0.373 e. The molecular formula is C12H19N3O3. The fraction of sp³-hybridized carbons (Fsp3) is 0.667. The quantitative estimate of drug-likeness (QED) is 0.871. The predicted molar refractivity (Wildman–Crippen MR) is 66.3 cm³/mol. The molecule has 0 spiro atoms. The normalized spacial score (nSPS) is 25.1. The number of aryl methyl sites for hydroxylation is 1. The van der Waals surface area contributed by atoms with E-state index in [0.717, 1.165) is 13.1 Å². The summed E-state index contributed by atoms with van der Waals surface area (Å²) in [5.74, 6) is 1.07. The lowest BCUT2D eigenvalue weighted by Crippen LogP contribution is -2.48. The summed E-state index contributed by atoms with van der Waals surface area (Å²) in [6.45, 7) is 7.71. The van der Waals surface area contributed by atoms with Crippen molar-refractivity contribution >= 4 is 11.7 Å². The topological polar surface area (TPSA) is 67.6 Å². The van der Waals surface area contributed by atoms with E-state index in [9.17, 15) is 4.79 Å². The monoisotopic (exact) mass is 253 g/mol. The number of carbonyl (C=O) groups is 1. The maximum absolute atomic E-state index is 11.8. The maximum Gasteiger partial charge on any atom is 0.239 e. The molecule has 1 N–H and O–H groups in total. The molecule has 1 fully saturated rings. The highest BCUT2D eigenvalue weighted by Crippen LogP contribution is 2.11. The second-order valence-electron chi connectivity index (χ2n) is 4.82. The van der Waals surface area contributed by atoms with E-state index in [0.29, 0.717) is 18.1 Å². The molecule has 0 aliphatic carbocycles. The molecule has 1 amide bonds. The zero-order chi connectivity index (χ0) is 13.1. The molecule has 2 heterocycles. The number of amides is 1. The smallest absolute Gasteiger partial charge is 0.239 e. The Kier molecular flexibility index (Phi) is 3.98. The van der Waals surface area contributed by atoms with Gasteiger partial charge in [-0.15, -0.1) is 0 Å². The number of rotatable bonds is 3. The maximum atomic E-state index is 11.8. The summed E-state index contributed by atoms with van der Waals surface area (Å²) in [7, 11) is 0. The Labute approximate surface area is 106 Å². The number of hydrogen-bond acceptors (Lipinski definition) is 5. The van der Waals surface area contributed by atoms with Crippen molar-refractivity contribution in [1.29, 1.82) is 0 Å². The first-order valence-electron chi connectivity index (χ1n) is 6.14. The molecule has 1 aliphatic rings. The number of nitrogens with zero attached hydrogens (tertiary/aromatic N) is 2. The first-order chi connectivity index (χ1) is 8.52. The highest BCUT2D eigenvalue weighted by atomic mass is 16.5. The van der Waals surface area contributed by atoms with E-state index < -0.39 is 0 Å². The second kappa shape index (κ2) is 5.49. The molecule has 1 aliphatic heterocycles. The molecule has 0 radical (unpaired) electrons. The molecule has 1 aromatic heterocycles. The molecule has 1 aromatic rings. The van der Waals surface area contributed by atoms with E-state index in [-0.39, 0.29) is 18.1 Å². The molecule has 0 saturated carbocycles. The van der Waals surface area contributed by atoms with E-state index in [1.54, 1.807) is 13.0 Å². The summed E-state index contributed by atoms with van der Waals surface area (Å²) < 4.78 is 10.5. The zero-order valence-electron chi connectivity index (χ0n) is 11.0. The molecule has 18 heavy (non-hydrogen) atoms. The lowest BCUT2D eigenvalue weighted by molar-refractivity contribution is -0.121. The number of aromatic nitrogens is 1. The van der Waals surface area contributed by atoms with Crippen LogP contribution in [0.15, 0.2) is 10.6 Å². The Morgan fingerprint density at radius 3 is 2.72 bits per heavy atom. The van der Waals surface area contributed by atoms with Crippen LogP contribution >= 0.6 is 0 Å². The fourth-order valence-corrected chi connectivity index (χ4v) is 2.22. The minimum atomic E-state index is -0.0791. The van der Waals surface area contributed by atoms with Gasteiger partial charge in [0.1, 0.15) is 5.76 Å². The van der Waals surface area contributed by atoms with Crippen LogP contribution in [0.3, 0.4) is 0 Å². The Morgan fingerprint density at radius 1 is 1.50 bits per heavy atom. The molecule has 0 unspecified atom stereocenters. The first-order valence-corrected chi connectivity index (χ1v) is 6.14. The Balaban J connectivity index is 1.83. The predicted octanol–water partition coefficient (Wildman–Crippen LogP) is 1.03. The van der Waals surface area contributed by atoms with Gasteiger partial charge in [-0.1, -0.05) is 5.16 Å². The van der Waals surface area contributed by atoms with Crippen molar-refractivity contribution < 1.29 is 14.1 Å². The third-order valence-corrected chi connectivity index (χ3v) is 2.76. The number of morpholine rings is 1. The van der Waals surface area contributed by atoms with Crippen molar-refractivity contribution in [2.24, 2.45) is 0 Å². The molecule has 0 bridgehead atoms. The zero-order valence-corrected chi connectivity index (χ0v) is 11.0. The summed E-state index contributed by atoms with van der Waals surface area (Å²) in [6, 6.07) is 1.70. The van der Waals surface area contributed by atoms with Crippen LogP contribution in [0.25, 0.3) is 0 Å². The fourth-order valence-electron chi connectivity index (χ4n) is 2.22. The van der Waals surface area contributed by atoms with Gasteiger partial charge in [-0.25, -0.2) is 0 Å². The lowest BCUT2D eigenvalue weighted by Gasteiger charge is -2.34. The Bertz CT molecular complexity index is 408. The van der Waals surface area contributed by atoms with Crippen LogP contribution in [0.1, 0.15) is 19.6 Å². The van der Waals surface area contributed by atoms with Crippen LogP contribution in [0, 0.1) is 6.92 Å². The van der Waals surface area contributed by atoms with Crippen molar-refractivity contribution in [3.63, 3.8) is 0 Å². The minimum absolute atomic E-state index is 0.0791. The summed E-state index contributed by atoms with van der Waals surface area (Å²) in [4.78, 5) is 13.9. The molecular weight excluding hydrogens is 234 g/mol. The molecule has 2 atom stereocenters. The van der Waals surface area contributed by atoms with Gasteiger partial charge >= 0.3 is 0 Å². The molecule has 0 aromatic carbocycles.